The summed E-state index contributed by atoms with van der Waals surface area (Å²) in [6, 6.07) is 14.5. The Balaban J connectivity index is 1.88. The molecule has 0 spiro atoms. The molecule has 2 atom stereocenters. The van der Waals surface area contributed by atoms with Gasteiger partial charge in [-0.25, -0.2) is 0 Å². The number of amides is 3. The van der Waals surface area contributed by atoms with Crippen molar-refractivity contribution in [3.05, 3.63) is 65.2 Å². The highest BCUT2D eigenvalue weighted by atomic mass is 16.2. The maximum atomic E-state index is 12.8. The Morgan fingerprint density at radius 2 is 1.63 bits per heavy atom. The van der Waals surface area contributed by atoms with Crippen molar-refractivity contribution < 1.29 is 19.3 Å². The minimum absolute atomic E-state index is 0.00877. The summed E-state index contributed by atoms with van der Waals surface area (Å²) in [6.07, 6.45) is 0. The molecule has 0 aliphatic rings. The van der Waals surface area contributed by atoms with Crippen LogP contribution in [-0.2, 0) is 16.1 Å². The Morgan fingerprint density at radius 3 is 2.20 bits per heavy atom. The highest BCUT2D eigenvalue weighted by Gasteiger charge is 2.26. The average Bonchev–Trinajstić information content (AvgIpc) is 2.74. The Labute approximate surface area is 178 Å². The number of aryl methyl sites for hydroxylation is 1. The predicted molar refractivity (Wildman–Crippen MR) is 117 cm³/mol. The number of benzene rings is 2. The number of anilines is 1. The van der Waals surface area contributed by atoms with Crippen LogP contribution < -0.4 is 15.5 Å². The van der Waals surface area contributed by atoms with Gasteiger partial charge in [0.1, 0.15) is 6.54 Å². The van der Waals surface area contributed by atoms with E-state index in [0.717, 1.165) is 16.0 Å². The van der Waals surface area contributed by atoms with Crippen molar-refractivity contribution in [1.29, 1.82) is 0 Å². The number of likely N-dealkylation sites (N-methyl/N-ethyl adjacent to an activating group) is 2. The van der Waals surface area contributed by atoms with Gasteiger partial charge in [0.2, 0.25) is 5.91 Å². The van der Waals surface area contributed by atoms with E-state index in [1.165, 1.54) is 4.90 Å². The molecule has 3 amide bonds. The normalized spacial score (nSPS) is 12.6. The van der Waals surface area contributed by atoms with Crippen LogP contribution in [-0.4, -0.2) is 56.4 Å². The Morgan fingerprint density at radius 1 is 1.03 bits per heavy atom. The van der Waals surface area contributed by atoms with Crippen molar-refractivity contribution in [3.8, 4) is 0 Å². The molecular weight excluding hydrogens is 380 g/mol. The van der Waals surface area contributed by atoms with Gasteiger partial charge >= 0.3 is 0 Å². The number of quaternary nitrogens is 1. The molecule has 2 aromatic rings. The third-order valence-electron chi connectivity index (χ3n) is 5.13. The van der Waals surface area contributed by atoms with Crippen molar-refractivity contribution in [2.45, 2.75) is 26.4 Å². The maximum Gasteiger partial charge on any atom is 0.280 e. The van der Waals surface area contributed by atoms with Gasteiger partial charge in [-0.3, -0.25) is 14.4 Å². The molecule has 0 aliphatic heterocycles. The second kappa shape index (κ2) is 10.5. The van der Waals surface area contributed by atoms with Gasteiger partial charge in [-0.05, 0) is 38.1 Å². The first-order valence-corrected chi connectivity index (χ1v) is 9.96. The fourth-order valence-electron chi connectivity index (χ4n) is 3.07. The maximum absolute atomic E-state index is 12.8. The predicted octanol–water partition coefficient (Wildman–Crippen LogP) is 0.855. The lowest BCUT2D eigenvalue weighted by molar-refractivity contribution is -0.908. The van der Waals surface area contributed by atoms with Gasteiger partial charge in [0, 0.05) is 30.9 Å². The van der Waals surface area contributed by atoms with E-state index in [9.17, 15) is 14.4 Å². The molecule has 0 bridgehead atoms. The van der Waals surface area contributed by atoms with Gasteiger partial charge in [-0.1, -0.05) is 29.8 Å². The largest absolute Gasteiger partial charge is 0.355 e. The summed E-state index contributed by atoms with van der Waals surface area (Å²) in [4.78, 5) is 39.1. The van der Waals surface area contributed by atoms with Gasteiger partial charge in [-0.15, -0.1) is 0 Å². The van der Waals surface area contributed by atoms with Crippen molar-refractivity contribution in [2.75, 3.05) is 33.0 Å². The van der Waals surface area contributed by atoms with Crippen LogP contribution >= 0.6 is 0 Å². The van der Waals surface area contributed by atoms with Crippen LogP contribution in [0.3, 0.4) is 0 Å². The summed E-state index contributed by atoms with van der Waals surface area (Å²) in [6.45, 7) is 4.45. The molecule has 0 aromatic heterocycles. The minimum atomic E-state index is -0.319. The zero-order valence-electron chi connectivity index (χ0n) is 18.3. The molecule has 30 heavy (non-hydrogen) atoms. The number of carbonyl (C=O) groups is 3. The first kappa shape index (κ1) is 23.1. The highest BCUT2D eigenvalue weighted by molar-refractivity contribution is 5.95. The van der Waals surface area contributed by atoms with Crippen molar-refractivity contribution in [2.24, 2.45) is 0 Å². The van der Waals surface area contributed by atoms with Crippen molar-refractivity contribution in [3.63, 3.8) is 0 Å². The number of nitrogens with zero attached hydrogens (tertiary/aromatic N) is 1. The molecule has 0 heterocycles. The molecular formula is C23H31N4O3+. The monoisotopic (exact) mass is 411 g/mol. The molecule has 0 aliphatic carbocycles. The smallest absolute Gasteiger partial charge is 0.280 e. The fraction of sp³-hybridized carbons (Fsp3) is 0.348. The zero-order valence-corrected chi connectivity index (χ0v) is 18.3. The summed E-state index contributed by atoms with van der Waals surface area (Å²) in [5, 5.41) is 5.40. The second-order valence-electron chi connectivity index (χ2n) is 7.63. The third kappa shape index (κ3) is 6.42. The molecule has 7 nitrogen and oxygen atoms in total. The quantitative estimate of drug-likeness (QED) is 0.602. The Kier molecular flexibility index (Phi) is 8.12. The van der Waals surface area contributed by atoms with Crippen LogP contribution in [0.2, 0.25) is 0 Å². The average molecular weight is 412 g/mol. The molecule has 1 unspecified atom stereocenters. The number of hydrogen-bond donors (Lipinski definition) is 3. The van der Waals surface area contributed by atoms with E-state index in [-0.39, 0.29) is 30.3 Å². The van der Waals surface area contributed by atoms with E-state index < -0.39 is 0 Å². The molecule has 0 saturated carbocycles. The summed E-state index contributed by atoms with van der Waals surface area (Å²) < 4.78 is 0. The second-order valence-corrected chi connectivity index (χ2v) is 7.63. The SMILES string of the molecule is CNC(=O)c1ccc(C[NH+](C)[C@H](C)C(=O)N(C)CC(=O)Nc2ccc(C)cc2)cc1. The van der Waals surface area contributed by atoms with E-state index in [4.69, 9.17) is 0 Å². The van der Waals surface area contributed by atoms with E-state index in [1.807, 2.05) is 57.3 Å². The highest BCUT2D eigenvalue weighted by Crippen LogP contribution is 2.08. The topological polar surface area (TPSA) is 83.0 Å². The summed E-state index contributed by atoms with van der Waals surface area (Å²) in [5.74, 6) is -0.464. The number of carbonyl (C=O) groups excluding carboxylic acids is 3. The first-order chi connectivity index (χ1) is 14.2. The zero-order chi connectivity index (χ0) is 22.3. The van der Waals surface area contributed by atoms with E-state index in [1.54, 1.807) is 26.2 Å². The van der Waals surface area contributed by atoms with Crippen LogP contribution in [0.4, 0.5) is 5.69 Å². The lowest BCUT2D eigenvalue weighted by Gasteiger charge is -2.25. The minimum Gasteiger partial charge on any atom is -0.355 e. The van der Waals surface area contributed by atoms with E-state index >= 15 is 0 Å². The standard InChI is InChI=1S/C23H30N4O3/c1-16-6-12-20(13-7-16)25-21(28)15-27(5)23(30)17(2)26(4)14-18-8-10-19(11-9-18)22(29)24-3/h6-13,17H,14-15H2,1-5H3,(H,24,29)(H,25,28)/p+1/t17-/m1/s1. The first-order valence-electron chi connectivity index (χ1n) is 9.96. The molecule has 0 fully saturated rings. The van der Waals surface area contributed by atoms with Crippen LogP contribution in [0.25, 0.3) is 0 Å². The van der Waals surface area contributed by atoms with Crippen molar-refractivity contribution in [1.82, 2.24) is 10.2 Å². The van der Waals surface area contributed by atoms with Crippen LogP contribution in [0.15, 0.2) is 48.5 Å². The third-order valence-corrected chi connectivity index (χ3v) is 5.13. The summed E-state index contributed by atoms with van der Waals surface area (Å²) in [5.41, 5.74) is 3.45. The van der Waals surface area contributed by atoms with E-state index in [0.29, 0.717) is 17.8 Å². The Bertz CT molecular complexity index is 878. The lowest BCUT2D eigenvalue weighted by Crippen LogP contribution is -3.12. The molecule has 160 valence electrons. The van der Waals surface area contributed by atoms with Gasteiger partial charge in [0.05, 0.1) is 13.6 Å². The number of hydrogen-bond acceptors (Lipinski definition) is 3. The number of nitrogens with one attached hydrogen (secondary N) is 3. The summed E-state index contributed by atoms with van der Waals surface area (Å²) >= 11 is 0. The number of rotatable bonds is 8. The van der Waals surface area contributed by atoms with Gasteiger partial charge in [0.25, 0.3) is 11.8 Å². The molecule has 0 radical (unpaired) electrons. The van der Waals surface area contributed by atoms with Crippen LogP contribution in [0.5, 0.6) is 0 Å². The van der Waals surface area contributed by atoms with E-state index in [2.05, 4.69) is 10.6 Å². The van der Waals surface area contributed by atoms with Gasteiger partial charge < -0.3 is 20.4 Å². The molecule has 2 aromatic carbocycles. The fourth-order valence-corrected chi connectivity index (χ4v) is 3.07. The molecule has 0 saturated heterocycles. The molecule has 7 heteroatoms. The van der Waals surface area contributed by atoms with Crippen LogP contribution in [0, 0.1) is 6.92 Å². The molecule has 2 rings (SSSR count). The van der Waals surface area contributed by atoms with Gasteiger partial charge in [0.15, 0.2) is 6.04 Å². The lowest BCUT2D eigenvalue weighted by atomic mass is 10.1. The molecule has 3 N–H and O–H groups in total. The van der Waals surface area contributed by atoms with Gasteiger partial charge in [-0.2, -0.15) is 0 Å². The Hall–Kier alpha value is -3.19. The van der Waals surface area contributed by atoms with Crippen LogP contribution in [0.1, 0.15) is 28.4 Å². The van der Waals surface area contributed by atoms with Crippen molar-refractivity contribution >= 4 is 23.4 Å². The summed E-state index contributed by atoms with van der Waals surface area (Å²) in [7, 11) is 5.17.